The second-order valence-electron chi connectivity index (χ2n) is 6.22. The number of hydrogen-bond acceptors (Lipinski definition) is 5. The third-order valence-electron chi connectivity index (χ3n) is 4.12. The highest BCUT2D eigenvalue weighted by molar-refractivity contribution is 5.70. The van der Waals surface area contributed by atoms with Gasteiger partial charge in [-0.3, -0.25) is 4.90 Å². The van der Waals surface area contributed by atoms with Crippen molar-refractivity contribution in [2.45, 2.75) is 44.4 Å². The van der Waals surface area contributed by atoms with E-state index in [1.54, 1.807) is 26.0 Å². The lowest BCUT2D eigenvalue weighted by atomic mass is 10.1. The number of carbonyl (C=O) groups excluding carboxylic acids is 2. The summed E-state index contributed by atoms with van der Waals surface area (Å²) < 4.78 is 16.3. The third kappa shape index (κ3) is 3.07. The molecule has 128 valence electrons. The minimum absolute atomic E-state index is 0.175. The van der Waals surface area contributed by atoms with Crippen molar-refractivity contribution in [1.82, 2.24) is 4.90 Å². The highest BCUT2D eigenvalue weighted by atomic mass is 16.6. The predicted octanol–water partition coefficient (Wildman–Crippen LogP) is 2.16. The van der Waals surface area contributed by atoms with Gasteiger partial charge in [0.15, 0.2) is 6.10 Å². The summed E-state index contributed by atoms with van der Waals surface area (Å²) in [5, 5.41) is 0. The molecule has 1 aromatic rings. The fourth-order valence-corrected chi connectivity index (χ4v) is 3.13. The number of benzene rings is 1. The first kappa shape index (κ1) is 16.3. The smallest absolute Gasteiger partial charge is 0.412 e. The Balaban J connectivity index is 1.69. The van der Waals surface area contributed by atoms with Gasteiger partial charge in [0.05, 0.1) is 6.04 Å². The molecule has 1 heterocycles. The van der Waals surface area contributed by atoms with Crippen molar-refractivity contribution in [1.29, 1.82) is 0 Å². The van der Waals surface area contributed by atoms with Crippen LogP contribution in [0.25, 0.3) is 0 Å². The molecule has 1 aliphatic heterocycles. The van der Waals surface area contributed by atoms with Gasteiger partial charge < -0.3 is 19.9 Å². The van der Waals surface area contributed by atoms with Crippen LogP contribution in [-0.4, -0.2) is 41.1 Å². The number of carbonyl (C=O) groups is 2. The molecule has 7 nitrogen and oxygen atoms in total. The molecule has 3 rings (SSSR count). The summed E-state index contributed by atoms with van der Waals surface area (Å²) in [4.78, 5) is 25.1. The van der Waals surface area contributed by atoms with Gasteiger partial charge in [-0.1, -0.05) is 36.4 Å². The van der Waals surface area contributed by atoms with Gasteiger partial charge in [-0.05, 0) is 25.5 Å². The first-order valence-electron chi connectivity index (χ1n) is 7.71. The van der Waals surface area contributed by atoms with E-state index in [9.17, 15) is 9.59 Å². The zero-order chi connectivity index (χ0) is 17.3. The van der Waals surface area contributed by atoms with E-state index >= 15 is 0 Å². The molecule has 1 saturated heterocycles. The Labute approximate surface area is 140 Å². The van der Waals surface area contributed by atoms with Crippen molar-refractivity contribution >= 4 is 12.2 Å². The zero-order valence-corrected chi connectivity index (χ0v) is 13.5. The first-order chi connectivity index (χ1) is 11.4. The Morgan fingerprint density at radius 2 is 1.96 bits per heavy atom. The summed E-state index contributed by atoms with van der Waals surface area (Å²) in [5.41, 5.74) is 5.09. The molecule has 0 aromatic heterocycles. The van der Waals surface area contributed by atoms with E-state index in [0.717, 1.165) is 5.56 Å². The van der Waals surface area contributed by atoms with E-state index < -0.39 is 30.1 Å². The van der Waals surface area contributed by atoms with E-state index in [1.165, 1.54) is 4.90 Å². The maximum atomic E-state index is 12.6. The summed E-state index contributed by atoms with van der Waals surface area (Å²) >= 11 is 0. The topological polar surface area (TPSA) is 91.1 Å². The van der Waals surface area contributed by atoms with Gasteiger partial charge in [0, 0.05) is 0 Å². The van der Waals surface area contributed by atoms with Crippen molar-refractivity contribution in [3.8, 4) is 0 Å². The summed E-state index contributed by atoms with van der Waals surface area (Å²) in [5.74, 6) is 0. The van der Waals surface area contributed by atoms with Gasteiger partial charge in [-0.25, -0.2) is 9.59 Å². The minimum Gasteiger partial charge on any atom is -0.444 e. The van der Waals surface area contributed by atoms with Crippen LogP contribution in [0.2, 0.25) is 0 Å². The van der Waals surface area contributed by atoms with Crippen LogP contribution in [0.1, 0.15) is 19.4 Å². The van der Waals surface area contributed by atoms with E-state index in [0.29, 0.717) is 0 Å². The van der Waals surface area contributed by atoms with Crippen molar-refractivity contribution in [3.63, 3.8) is 0 Å². The second-order valence-corrected chi connectivity index (χ2v) is 6.22. The monoisotopic (exact) mass is 332 g/mol. The van der Waals surface area contributed by atoms with Crippen LogP contribution in [0.3, 0.4) is 0 Å². The van der Waals surface area contributed by atoms with Crippen LogP contribution in [0.5, 0.6) is 0 Å². The number of amides is 2. The number of hydrogen-bond donors (Lipinski definition) is 1. The van der Waals surface area contributed by atoms with Crippen LogP contribution in [-0.2, 0) is 20.8 Å². The molecule has 0 bridgehead atoms. The molecule has 24 heavy (non-hydrogen) atoms. The Morgan fingerprint density at radius 1 is 1.25 bits per heavy atom. The molecule has 0 spiro atoms. The molecule has 7 heteroatoms. The standard InChI is InChI=1S/C17H20N2O5/c1-17(2)19(16(21)22-10-11-6-4-3-5-7-11)12-8-9-13(14(12)24-17)23-15(18)20/h3-9,12-14H,10H2,1-2H3,(H2,18,20)/t12-,13-,14-/m0/s1. The molecular weight excluding hydrogens is 312 g/mol. The number of ether oxygens (including phenoxy) is 3. The highest BCUT2D eigenvalue weighted by Crippen LogP contribution is 2.39. The van der Waals surface area contributed by atoms with Gasteiger partial charge >= 0.3 is 12.2 Å². The minimum atomic E-state index is -0.882. The van der Waals surface area contributed by atoms with Crippen molar-refractivity contribution < 1.29 is 23.8 Å². The average molecular weight is 332 g/mol. The molecule has 1 aromatic carbocycles. The molecule has 0 unspecified atom stereocenters. The first-order valence-corrected chi connectivity index (χ1v) is 7.71. The van der Waals surface area contributed by atoms with E-state index in [1.807, 2.05) is 30.3 Å². The van der Waals surface area contributed by atoms with E-state index in [2.05, 4.69) is 0 Å². The molecule has 2 N–H and O–H groups in total. The molecule has 0 radical (unpaired) electrons. The lowest BCUT2D eigenvalue weighted by Gasteiger charge is -2.31. The number of nitrogens with two attached hydrogens (primary N) is 1. The molecule has 2 aliphatic rings. The van der Waals surface area contributed by atoms with Gasteiger partial charge in [-0.15, -0.1) is 0 Å². The maximum Gasteiger partial charge on any atom is 0.412 e. The lowest BCUT2D eigenvalue weighted by Crippen LogP contribution is -2.47. The van der Waals surface area contributed by atoms with Gasteiger partial charge in [-0.2, -0.15) is 0 Å². The maximum absolute atomic E-state index is 12.6. The molecular formula is C17H20N2O5. The lowest BCUT2D eigenvalue weighted by molar-refractivity contribution is -0.0919. The van der Waals surface area contributed by atoms with Crippen molar-refractivity contribution in [2.24, 2.45) is 5.73 Å². The van der Waals surface area contributed by atoms with E-state index in [-0.39, 0.29) is 12.6 Å². The Hall–Kier alpha value is -2.54. The van der Waals surface area contributed by atoms with Crippen LogP contribution < -0.4 is 5.73 Å². The normalized spacial score (nSPS) is 26.9. The number of fused-ring (bicyclic) bond motifs is 1. The largest absolute Gasteiger partial charge is 0.444 e. The predicted molar refractivity (Wildman–Crippen MR) is 84.8 cm³/mol. The summed E-state index contributed by atoms with van der Waals surface area (Å²) in [6.45, 7) is 3.71. The highest BCUT2D eigenvalue weighted by Gasteiger charge is 2.54. The summed E-state index contributed by atoms with van der Waals surface area (Å²) in [6.07, 6.45) is 0.983. The SMILES string of the molecule is CC1(C)O[C@@H]2[C@@H](OC(N)=O)C=C[C@@H]2N1C(=O)OCc1ccccc1. The summed E-state index contributed by atoms with van der Waals surface area (Å²) in [7, 11) is 0. The molecule has 1 fully saturated rings. The van der Waals surface area contributed by atoms with Crippen LogP contribution >= 0.6 is 0 Å². The van der Waals surface area contributed by atoms with Crippen LogP contribution in [0.15, 0.2) is 42.5 Å². The number of primary amides is 1. The van der Waals surface area contributed by atoms with Gasteiger partial charge in [0.2, 0.25) is 0 Å². The fraction of sp³-hybridized carbons (Fsp3) is 0.412. The van der Waals surface area contributed by atoms with Crippen LogP contribution in [0, 0.1) is 0 Å². The van der Waals surface area contributed by atoms with E-state index in [4.69, 9.17) is 19.9 Å². The molecule has 3 atom stereocenters. The Bertz CT molecular complexity index is 658. The molecule has 2 amide bonds. The summed E-state index contributed by atoms with van der Waals surface area (Å²) in [6, 6.07) is 9.06. The Kier molecular flexibility index (Phi) is 4.19. The van der Waals surface area contributed by atoms with Crippen LogP contribution in [0.4, 0.5) is 9.59 Å². The molecule has 1 aliphatic carbocycles. The number of nitrogens with zero attached hydrogens (tertiary/aromatic N) is 1. The van der Waals surface area contributed by atoms with Crippen molar-refractivity contribution in [3.05, 3.63) is 48.0 Å². The van der Waals surface area contributed by atoms with Gasteiger partial charge in [0.1, 0.15) is 18.4 Å². The average Bonchev–Trinajstić information content (AvgIpc) is 3.00. The second kappa shape index (κ2) is 6.16. The quantitative estimate of drug-likeness (QED) is 0.857. The van der Waals surface area contributed by atoms with Crippen molar-refractivity contribution in [2.75, 3.05) is 0 Å². The zero-order valence-electron chi connectivity index (χ0n) is 13.5. The molecule has 0 saturated carbocycles. The van der Waals surface area contributed by atoms with Gasteiger partial charge in [0.25, 0.3) is 0 Å². The fourth-order valence-electron chi connectivity index (χ4n) is 3.13. The Morgan fingerprint density at radius 3 is 2.62 bits per heavy atom. The number of rotatable bonds is 3. The third-order valence-corrected chi connectivity index (χ3v) is 4.12.